The van der Waals surface area contributed by atoms with Crippen LogP contribution >= 0.6 is 0 Å². The van der Waals surface area contributed by atoms with Crippen molar-refractivity contribution in [2.24, 2.45) is 7.05 Å². The lowest BCUT2D eigenvalue weighted by molar-refractivity contribution is -0.141. The number of imide groups is 1. The van der Waals surface area contributed by atoms with E-state index in [0.717, 1.165) is 58.8 Å². The first-order chi connectivity index (χ1) is 29.4. The molecule has 61 heavy (non-hydrogen) atoms. The summed E-state index contributed by atoms with van der Waals surface area (Å²) in [4.78, 5) is 50.3. The molecule has 3 aliphatic heterocycles. The Labute approximate surface area is 349 Å². The Morgan fingerprint density at radius 2 is 1.64 bits per heavy atom. The second-order valence-electron chi connectivity index (χ2n) is 16.1. The predicted molar refractivity (Wildman–Crippen MR) is 218 cm³/mol. The number of nitrogens with zero attached hydrogens (tertiary/aromatic N) is 5. The summed E-state index contributed by atoms with van der Waals surface area (Å²) in [5.41, 5.74) is 3.03. The van der Waals surface area contributed by atoms with Gasteiger partial charge in [0.1, 0.15) is 29.6 Å². The molecule has 1 aliphatic carbocycles. The molecule has 0 bridgehead atoms. The molecular weight excluding hydrogens is 794 g/mol. The quantitative estimate of drug-likeness (QED) is 0.0898. The minimum absolute atomic E-state index is 0.0456. The highest BCUT2D eigenvalue weighted by molar-refractivity contribution is 6.23. The molecule has 9 rings (SSSR count). The zero-order valence-corrected chi connectivity index (χ0v) is 33.6. The van der Waals surface area contributed by atoms with Crippen LogP contribution in [0.5, 0.6) is 11.6 Å². The van der Waals surface area contributed by atoms with E-state index in [-0.39, 0.29) is 23.3 Å². The Balaban J connectivity index is 0.652. The van der Waals surface area contributed by atoms with E-state index in [1.54, 1.807) is 36.7 Å². The zero-order chi connectivity index (χ0) is 42.4. The number of hydrogen-bond donors (Lipinski definition) is 1. The van der Waals surface area contributed by atoms with Gasteiger partial charge in [-0.3, -0.25) is 29.2 Å². The van der Waals surface area contributed by atoms with Crippen molar-refractivity contribution in [3.05, 3.63) is 96.1 Å². The van der Waals surface area contributed by atoms with E-state index in [4.69, 9.17) is 18.9 Å². The van der Waals surface area contributed by atoms with Crippen molar-refractivity contribution in [1.82, 2.24) is 29.7 Å². The number of fused-ring (bicyclic) bond motifs is 4. The lowest BCUT2D eigenvalue weighted by atomic mass is 9.92. The topological polar surface area (TPSA) is 137 Å². The molecular formula is C45H45F3N6O7. The van der Waals surface area contributed by atoms with Crippen LogP contribution in [0.15, 0.2) is 79.4 Å². The number of piperidine rings is 1. The normalized spacial score (nSPS) is 20.9. The van der Waals surface area contributed by atoms with Gasteiger partial charge in [0.25, 0.3) is 11.8 Å². The third-order valence-electron chi connectivity index (χ3n) is 11.9. The minimum atomic E-state index is -4.64. The van der Waals surface area contributed by atoms with Gasteiger partial charge >= 0.3 is 6.18 Å². The molecule has 1 unspecified atom stereocenters. The van der Waals surface area contributed by atoms with Crippen molar-refractivity contribution in [2.75, 3.05) is 39.5 Å². The number of benzene rings is 2. The lowest BCUT2D eigenvalue weighted by Gasteiger charge is -2.39. The molecule has 2 saturated heterocycles. The fourth-order valence-electron chi connectivity index (χ4n) is 8.53. The average Bonchev–Trinajstić information content (AvgIpc) is 3.63. The van der Waals surface area contributed by atoms with Gasteiger partial charge in [-0.25, -0.2) is 4.98 Å². The summed E-state index contributed by atoms with van der Waals surface area (Å²) in [5, 5.41) is 4.59. The fourth-order valence-corrected chi connectivity index (χ4v) is 8.53. The van der Waals surface area contributed by atoms with Gasteiger partial charge in [-0.2, -0.15) is 13.2 Å². The van der Waals surface area contributed by atoms with Crippen LogP contribution in [-0.4, -0.2) is 106 Å². The molecule has 1 atom stereocenters. The highest BCUT2D eigenvalue weighted by Crippen LogP contribution is 2.40. The number of halogens is 3. The second kappa shape index (κ2) is 16.6. The van der Waals surface area contributed by atoms with Crippen LogP contribution in [-0.2, 0) is 27.5 Å². The van der Waals surface area contributed by atoms with Crippen LogP contribution in [0.2, 0.25) is 0 Å². The van der Waals surface area contributed by atoms with E-state index >= 15 is 0 Å². The summed E-state index contributed by atoms with van der Waals surface area (Å²) >= 11 is 0. The number of nitrogens with one attached hydrogen (secondary N) is 1. The van der Waals surface area contributed by atoms with Crippen molar-refractivity contribution in [3.63, 3.8) is 0 Å². The number of alkyl halides is 3. The number of allylic oxidation sites excluding steroid dienone is 1. The van der Waals surface area contributed by atoms with Gasteiger partial charge in [-0.05, 0) is 67.6 Å². The Bertz CT molecular complexity index is 2530. The minimum Gasteiger partial charge on any atom is -0.488 e. The SMILES string of the molecule is C=C1CCC(N2C(=O)c3ccc(OC4CN(CCCOCCCOC5CC(Oc6ncc(-c7ccc8c9cnccc9n(C)c8c7)cc6C(F)(F)F)C5)C4)cc3C2=O)C(=O)N1. The fraction of sp³-hybridized carbons (Fsp3) is 0.400. The van der Waals surface area contributed by atoms with Crippen LogP contribution in [0.1, 0.15) is 64.8 Å². The number of likely N-dealkylation sites (tertiary alicyclic amines) is 1. The molecule has 2 aromatic carbocycles. The Hall–Kier alpha value is -5.84. The maximum Gasteiger partial charge on any atom is 0.421 e. The van der Waals surface area contributed by atoms with Crippen molar-refractivity contribution in [2.45, 2.75) is 69.1 Å². The lowest BCUT2D eigenvalue weighted by Crippen LogP contribution is -2.54. The van der Waals surface area contributed by atoms with E-state index in [1.807, 2.05) is 29.8 Å². The maximum absolute atomic E-state index is 14.2. The summed E-state index contributed by atoms with van der Waals surface area (Å²) in [6.45, 7) is 7.66. The first kappa shape index (κ1) is 40.6. The van der Waals surface area contributed by atoms with Crippen molar-refractivity contribution in [3.8, 4) is 22.8 Å². The monoisotopic (exact) mass is 838 g/mol. The van der Waals surface area contributed by atoms with E-state index in [0.29, 0.717) is 74.5 Å². The summed E-state index contributed by atoms with van der Waals surface area (Å²) in [6, 6.07) is 12.6. The molecule has 0 spiro atoms. The number of carbonyl (C=O) groups excluding carboxylic acids is 3. The van der Waals surface area contributed by atoms with Crippen molar-refractivity contribution in [1.29, 1.82) is 0 Å². The largest absolute Gasteiger partial charge is 0.488 e. The van der Waals surface area contributed by atoms with Crippen LogP contribution in [0.3, 0.4) is 0 Å². The standard InChI is InChI=1S/C45H45F3N6O7/c1-26-5-10-39(41(55)51-26)54-43(56)34-9-7-29(21-35(34)44(54)57)60-32-24-53(25-32)13-3-14-58-15-4-16-59-30-19-31(20-30)61-42-37(45(46,47)48)17-28(22-50-42)27-6-8-33-36-23-49-12-11-38(36)52(2)40(33)18-27/h6-9,11-12,17-18,21-23,30-32,39H,1,3-5,10,13-16,19-20,24-25H2,2H3,(H,51,55). The maximum atomic E-state index is 14.2. The highest BCUT2D eigenvalue weighted by Gasteiger charge is 2.44. The van der Waals surface area contributed by atoms with Crippen molar-refractivity contribution < 1.29 is 46.5 Å². The van der Waals surface area contributed by atoms with Crippen LogP contribution in [0.4, 0.5) is 13.2 Å². The van der Waals surface area contributed by atoms with E-state index in [2.05, 4.69) is 26.8 Å². The number of amides is 3. The molecule has 6 heterocycles. The average molecular weight is 839 g/mol. The first-order valence-electron chi connectivity index (χ1n) is 20.6. The zero-order valence-electron chi connectivity index (χ0n) is 33.6. The highest BCUT2D eigenvalue weighted by atomic mass is 19.4. The summed E-state index contributed by atoms with van der Waals surface area (Å²) in [7, 11) is 1.92. The molecule has 3 amide bonds. The van der Waals surface area contributed by atoms with E-state index in [9.17, 15) is 27.6 Å². The number of aromatic nitrogens is 3. The molecule has 1 saturated carbocycles. The Morgan fingerprint density at radius 3 is 2.44 bits per heavy atom. The summed E-state index contributed by atoms with van der Waals surface area (Å²) in [5.74, 6) is -1.28. The van der Waals surface area contributed by atoms with Gasteiger partial charge in [0.2, 0.25) is 11.8 Å². The van der Waals surface area contributed by atoms with Gasteiger partial charge in [-0.1, -0.05) is 18.7 Å². The van der Waals surface area contributed by atoms with Gasteiger partial charge in [0.05, 0.1) is 22.7 Å². The van der Waals surface area contributed by atoms with Gasteiger partial charge in [0, 0.05) is 105 Å². The second-order valence-corrected chi connectivity index (χ2v) is 16.1. The van der Waals surface area contributed by atoms with E-state index in [1.165, 1.54) is 6.20 Å². The van der Waals surface area contributed by atoms with Gasteiger partial charge in [-0.15, -0.1) is 0 Å². The van der Waals surface area contributed by atoms with Crippen LogP contribution < -0.4 is 14.8 Å². The summed E-state index contributed by atoms with van der Waals surface area (Å²) < 4.78 is 68.2. The van der Waals surface area contributed by atoms with Crippen LogP contribution in [0, 0.1) is 0 Å². The van der Waals surface area contributed by atoms with E-state index < -0.39 is 47.5 Å². The van der Waals surface area contributed by atoms with Gasteiger partial charge in [0.15, 0.2) is 0 Å². The summed E-state index contributed by atoms with van der Waals surface area (Å²) in [6.07, 6.45) is 3.08. The molecule has 3 aromatic heterocycles. The molecule has 4 aliphatic rings. The molecule has 13 nitrogen and oxygen atoms in total. The number of pyridine rings is 2. The third kappa shape index (κ3) is 8.19. The first-order valence-corrected chi connectivity index (χ1v) is 20.6. The number of aryl methyl sites for hydroxylation is 1. The molecule has 0 radical (unpaired) electrons. The molecule has 318 valence electrons. The van der Waals surface area contributed by atoms with Gasteiger partial charge < -0.3 is 28.8 Å². The molecule has 1 N–H and O–H groups in total. The number of rotatable bonds is 15. The number of ether oxygens (including phenoxy) is 4. The van der Waals surface area contributed by atoms with Crippen LogP contribution in [0.25, 0.3) is 32.9 Å². The molecule has 5 aromatic rings. The molecule has 3 fully saturated rings. The number of carbonyl (C=O) groups is 3. The Kier molecular flexibility index (Phi) is 11.0. The number of hydrogen-bond acceptors (Lipinski definition) is 10. The Morgan fingerprint density at radius 1 is 0.836 bits per heavy atom. The third-order valence-corrected chi connectivity index (χ3v) is 11.9. The predicted octanol–water partition coefficient (Wildman–Crippen LogP) is 6.68. The molecule has 16 heteroatoms. The smallest absolute Gasteiger partial charge is 0.421 e. The van der Waals surface area contributed by atoms with Crippen molar-refractivity contribution >= 4 is 39.5 Å².